The number of rotatable bonds is 5. The van der Waals surface area contributed by atoms with E-state index in [1.165, 1.54) is 23.5 Å². The lowest BCUT2D eigenvalue weighted by Gasteiger charge is -2.04. The topological polar surface area (TPSA) is 42.0 Å². The summed E-state index contributed by atoms with van der Waals surface area (Å²) in [5, 5.41) is 3.41. The van der Waals surface area contributed by atoms with Crippen LogP contribution in [0.1, 0.15) is 10.4 Å². The summed E-state index contributed by atoms with van der Waals surface area (Å²) in [4.78, 5) is 18.5. The highest BCUT2D eigenvalue weighted by atomic mass is 32.1. The van der Waals surface area contributed by atoms with Crippen molar-refractivity contribution >= 4 is 22.4 Å². The largest absolute Gasteiger partial charge is 0.298 e. The van der Waals surface area contributed by atoms with Gasteiger partial charge in [0.25, 0.3) is 5.91 Å². The molecule has 0 aliphatic carbocycles. The van der Waals surface area contributed by atoms with Gasteiger partial charge >= 0.3 is 0 Å². The van der Waals surface area contributed by atoms with Gasteiger partial charge in [0, 0.05) is 11.1 Å². The van der Waals surface area contributed by atoms with Gasteiger partial charge in [-0.25, -0.2) is 9.37 Å². The first-order valence-corrected chi connectivity index (χ1v) is 11.3. The first-order chi connectivity index (χ1) is 16.2. The van der Waals surface area contributed by atoms with Gasteiger partial charge in [0.2, 0.25) is 0 Å². The number of nitrogens with zero attached hydrogens (tertiary/aromatic N) is 1. The van der Waals surface area contributed by atoms with Crippen molar-refractivity contribution in [2.45, 2.75) is 0 Å². The lowest BCUT2D eigenvalue weighted by molar-refractivity contribution is 0.102. The van der Waals surface area contributed by atoms with E-state index in [4.69, 9.17) is 0 Å². The van der Waals surface area contributed by atoms with Crippen LogP contribution >= 0.6 is 11.3 Å². The number of carbonyl (C=O) groups excluding carboxylic acids is 1. The second kappa shape index (κ2) is 9.18. The summed E-state index contributed by atoms with van der Waals surface area (Å²) in [6.45, 7) is 0. The lowest BCUT2D eigenvalue weighted by atomic mass is 10.0. The van der Waals surface area contributed by atoms with Crippen molar-refractivity contribution in [3.05, 3.63) is 121 Å². The Labute approximate surface area is 195 Å². The maximum atomic E-state index is 13.5. The van der Waals surface area contributed by atoms with E-state index in [2.05, 4.69) is 10.3 Å². The van der Waals surface area contributed by atoms with Gasteiger partial charge in [-0.05, 0) is 53.1 Å². The van der Waals surface area contributed by atoms with Gasteiger partial charge in [-0.3, -0.25) is 10.1 Å². The first-order valence-electron chi connectivity index (χ1n) is 10.5. The van der Waals surface area contributed by atoms with Gasteiger partial charge in [-0.1, -0.05) is 84.1 Å². The van der Waals surface area contributed by atoms with E-state index in [0.717, 1.165) is 27.1 Å². The van der Waals surface area contributed by atoms with Crippen LogP contribution in [0.4, 0.5) is 9.52 Å². The van der Waals surface area contributed by atoms with Crippen LogP contribution in [0.2, 0.25) is 0 Å². The van der Waals surface area contributed by atoms with Crippen molar-refractivity contribution in [1.29, 1.82) is 0 Å². The minimum atomic E-state index is -0.303. The molecule has 0 saturated heterocycles. The summed E-state index contributed by atoms with van der Waals surface area (Å²) < 4.78 is 13.5. The zero-order valence-electron chi connectivity index (χ0n) is 17.5. The molecule has 1 N–H and O–H groups in total. The van der Waals surface area contributed by atoms with Crippen molar-refractivity contribution in [2.24, 2.45) is 0 Å². The van der Waals surface area contributed by atoms with Gasteiger partial charge in [0.15, 0.2) is 5.13 Å². The summed E-state index contributed by atoms with van der Waals surface area (Å²) in [5.41, 5.74) is 5.18. The molecule has 0 radical (unpaired) electrons. The Morgan fingerprint density at radius 1 is 0.667 bits per heavy atom. The number of hydrogen-bond donors (Lipinski definition) is 1. The van der Waals surface area contributed by atoms with E-state index in [-0.39, 0.29) is 11.7 Å². The summed E-state index contributed by atoms with van der Waals surface area (Å²) in [6, 6.07) is 33.6. The van der Waals surface area contributed by atoms with E-state index in [0.29, 0.717) is 16.4 Å². The normalized spacial score (nSPS) is 10.7. The molecular weight excluding hydrogens is 431 g/mol. The van der Waals surface area contributed by atoms with Crippen molar-refractivity contribution < 1.29 is 9.18 Å². The van der Waals surface area contributed by atoms with Crippen LogP contribution in [0, 0.1) is 5.82 Å². The Hall–Kier alpha value is -4.09. The van der Waals surface area contributed by atoms with Gasteiger partial charge in [-0.15, -0.1) is 0 Å². The fourth-order valence-electron chi connectivity index (χ4n) is 3.58. The zero-order chi connectivity index (χ0) is 22.6. The monoisotopic (exact) mass is 450 g/mol. The molecule has 0 spiro atoms. The van der Waals surface area contributed by atoms with E-state index < -0.39 is 0 Å². The van der Waals surface area contributed by atoms with Gasteiger partial charge in [0.05, 0.1) is 10.6 Å². The lowest BCUT2D eigenvalue weighted by Crippen LogP contribution is -2.11. The zero-order valence-corrected chi connectivity index (χ0v) is 18.4. The molecule has 3 nitrogen and oxygen atoms in total. The summed E-state index contributed by atoms with van der Waals surface area (Å²) in [5.74, 6) is -0.531. The fourth-order valence-corrected chi connectivity index (χ4v) is 4.56. The highest BCUT2D eigenvalue weighted by molar-refractivity contribution is 7.19. The molecule has 4 aromatic carbocycles. The fraction of sp³-hybridized carbons (Fsp3) is 0. The standard InChI is InChI=1S/C28H19FN2OS/c29-24-17-15-21(16-18-24)25-26(22-9-5-2-6-10-22)33-28(30-25)31-27(32)23-13-11-20(12-14-23)19-7-3-1-4-8-19/h1-18H,(H,30,31,32). The molecule has 5 aromatic rings. The molecule has 1 aromatic heterocycles. The second-order valence-corrected chi connectivity index (χ2v) is 8.47. The Bertz CT molecular complexity index is 1380. The molecule has 5 rings (SSSR count). The minimum Gasteiger partial charge on any atom is -0.298 e. The van der Waals surface area contributed by atoms with E-state index in [1.807, 2.05) is 84.9 Å². The smallest absolute Gasteiger partial charge is 0.257 e. The molecular formula is C28H19FN2OS. The highest BCUT2D eigenvalue weighted by Gasteiger charge is 2.17. The van der Waals surface area contributed by atoms with Crippen LogP contribution < -0.4 is 5.32 Å². The van der Waals surface area contributed by atoms with Crippen molar-refractivity contribution in [2.75, 3.05) is 5.32 Å². The predicted molar refractivity (Wildman–Crippen MR) is 133 cm³/mol. The van der Waals surface area contributed by atoms with Crippen LogP contribution in [-0.4, -0.2) is 10.9 Å². The van der Waals surface area contributed by atoms with Crippen LogP contribution in [0.5, 0.6) is 0 Å². The van der Waals surface area contributed by atoms with E-state index in [1.54, 1.807) is 12.1 Å². The number of halogens is 1. The molecule has 1 heterocycles. The minimum absolute atomic E-state index is 0.228. The average Bonchev–Trinajstić information content (AvgIpc) is 3.29. The third-order valence-electron chi connectivity index (χ3n) is 5.26. The predicted octanol–water partition coefficient (Wildman–Crippen LogP) is 7.54. The van der Waals surface area contributed by atoms with Gasteiger partial charge < -0.3 is 0 Å². The van der Waals surface area contributed by atoms with E-state index >= 15 is 0 Å². The Balaban J connectivity index is 1.43. The molecule has 0 fully saturated rings. The number of amides is 1. The number of thiazole rings is 1. The highest BCUT2D eigenvalue weighted by Crippen LogP contribution is 2.39. The number of carbonyl (C=O) groups is 1. The maximum Gasteiger partial charge on any atom is 0.257 e. The number of aromatic nitrogens is 1. The summed E-state index contributed by atoms with van der Waals surface area (Å²) >= 11 is 1.40. The van der Waals surface area contributed by atoms with Crippen molar-refractivity contribution in [3.63, 3.8) is 0 Å². The Morgan fingerprint density at radius 2 is 1.21 bits per heavy atom. The van der Waals surface area contributed by atoms with Crippen LogP contribution in [0.25, 0.3) is 32.8 Å². The van der Waals surface area contributed by atoms with Crippen molar-refractivity contribution in [3.8, 4) is 32.8 Å². The number of hydrogen-bond acceptors (Lipinski definition) is 3. The van der Waals surface area contributed by atoms with Crippen molar-refractivity contribution in [1.82, 2.24) is 4.98 Å². The van der Waals surface area contributed by atoms with Crippen LogP contribution in [-0.2, 0) is 0 Å². The molecule has 33 heavy (non-hydrogen) atoms. The third-order valence-corrected chi connectivity index (χ3v) is 6.28. The molecule has 0 aliphatic heterocycles. The molecule has 0 aliphatic rings. The molecule has 0 atom stereocenters. The Kier molecular flexibility index (Phi) is 5.79. The maximum absolute atomic E-state index is 13.5. The van der Waals surface area contributed by atoms with Crippen LogP contribution in [0.3, 0.4) is 0 Å². The number of benzene rings is 4. The third kappa shape index (κ3) is 4.59. The van der Waals surface area contributed by atoms with Gasteiger partial charge in [-0.2, -0.15) is 0 Å². The molecule has 5 heteroatoms. The molecule has 160 valence electrons. The Morgan fingerprint density at radius 3 is 1.85 bits per heavy atom. The molecule has 0 unspecified atom stereocenters. The van der Waals surface area contributed by atoms with Gasteiger partial charge in [0.1, 0.15) is 5.82 Å². The molecule has 0 saturated carbocycles. The SMILES string of the molecule is O=C(Nc1nc(-c2ccc(F)cc2)c(-c2ccccc2)s1)c1ccc(-c2ccccc2)cc1. The average molecular weight is 451 g/mol. The number of anilines is 1. The van der Waals surface area contributed by atoms with E-state index in [9.17, 15) is 9.18 Å². The quantitative estimate of drug-likeness (QED) is 0.301. The molecule has 1 amide bonds. The second-order valence-electron chi connectivity index (χ2n) is 7.47. The number of nitrogens with one attached hydrogen (secondary N) is 1. The molecule has 0 bridgehead atoms. The van der Waals surface area contributed by atoms with Crippen LogP contribution in [0.15, 0.2) is 109 Å². The summed E-state index contributed by atoms with van der Waals surface area (Å²) in [6.07, 6.45) is 0. The summed E-state index contributed by atoms with van der Waals surface area (Å²) in [7, 11) is 0. The first kappa shape index (κ1) is 20.8.